The number of hydrogen-bond acceptors (Lipinski definition) is 3. The van der Waals surface area contributed by atoms with Crippen LogP contribution in [-0.2, 0) is 22.4 Å². The Kier molecular flexibility index (Phi) is 4.59. The van der Waals surface area contributed by atoms with Gasteiger partial charge in [-0.25, -0.2) is 0 Å². The third-order valence-corrected chi connectivity index (χ3v) is 4.99. The zero-order valence-corrected chi connectivity index (χ0v) is 12.9. The lowest BCUT2D eigenvalue weighted by atomic mass is 9.86. The molecule has 1 unspecified atom stereocenters. The summed E-state index contributed by atoms with van der Waals surface area (Å²) in [5, 5.41) is 0. The van der Waals surface area contributed by atoms with E-state index in [1.165, 1.54) is 30.4 Å². The monoisotopic (exact) mass is 287 g/mol. The minimum absolute atomic E-state index is 0.00568. The summed E-state index contributed by atoms with van der Waals surface area (Å²) in [6.07, 6.45) is 5.52. The Hall–Kier alpha value is -1.35. The molecule has 3 heteroatoms. The maximum Gasteiger partial charge on any atom is 0.309 e. The number of carbonyl (C=O) groups excluding carboxylic acids is 1. The van der Waals surface area contributed by atoms with Crippen LogP contribution < -0.4 is 0 Å². The van der Waals surface area contributed by atoms with E-state index >= 15 is 0 Å². The van der Waals surface area contributed by atoms with Crippen LogP contribution in [0.3, 0.4) is 0 Å². The molecule has 1 heterocycles. The molecule has 1 atom stereocenters. The molecule has 114 valence electrons. The highest BCUT2D eigenvalue weighted by atomic mass is 16.5. The number of fused-ring (bicyclic) bond motifs is 1. The van der Waals surface area contributed by atoms with Gasteiger partial charge in [0.15, 0.2) is 0 Å². The van der Waals surface area contributed by atoms with E-state index in [1.54, 1.807) is 0 Å². The standard InChI is InChI=1S/C18H25NO2/c1-2-21-18(20)15-9-11-19(12-10-15)17-8-7-14-5-3-4-6-16(14)13-17/h3-6,15,17H,2,7-13H2,1H3. The average Bonchev–Trinajstić information content (AvgIpc) is 2.55. The van der Waals surface area contributed by atoms with Crippen LogP contribution in [0.1, 0.15) is 37.3 Å². The number of aryl methyl sites for hydroxylation is 1. The third kappa shape index (κ3) is 3.29. The van der Waals surface area contributed by atoms with Crippen molar-refractivity contribution in [2.24, 2.45) is 5.92 Å². The molecule has 1 aliphatic heterocycles. The number of hydrogen-bond donors (Lipinski definition) is 0. The topological polar surface area (TPSA) is 29.5 Å². The van der Waals surface area contributed by atoms with E-state index in [2.05, 4.69) is 29.2 Å². The maximum atomic E-state index is 11.8. The summed E-state index contributed by atoms with van der Waals surface area (Å²) in [6.45, 7) is 4.46. The van der Waals surface area contributed by atoms with Gasteiger partial charge in [0.1, 0.15) is 0 Å². The van der Waals surface area contributed by atoms with Crippen molar-refractivity contribution in [2.45, 2.75) is 45.1 Å². The molecular formula is C18H25NO2. The smallest absolute Gasteiger partial charge is 0.309 e. The van der Waals surface area contributed by atoms with Crippen molar-refractivity contribution >= 4 is 5.97 Å². The van der Waals surface area contributed by atoms with Crippen LogP contribution in [0.2, 0.25) is 0 Å². The molecule has 1 saturated heterocycles. The fraction of sp³-hybridized carbons (Fsp3) is 0.611. The van der Waals surface area contributed by atoms with Crippen molar-refractivity contribution in [3.8, 4) is 0 Å². The van der Waals surface area contributed by atoms with Gasteiger partial charge in [-0.15, -0.1) is 0 Å². The van der Waals surface area contributed by atoms with Crippen molar-refractivity contribution in [1.29, 1.82) is 0 Å². The highest BCUT2D eigenvalue weighted by Crippen LogP contribution is 2.28. The van der Waals surface area contributed by atoms with Crippen LogP contribution in [0.15, 0.2) is 24.3 Å². The summed E-state index contributed by atoms with van der Waals surface area (Å²) in [5.41, 5.74) is 3.04. The van der Waals surface area contributed by atoms with Crippen LogP contribution >= 0.6 is 0 Å². The minimum atomic E-state index is 0.00568. The molecule has 21 heavy (non-hydrogen) atoms. The molecule has 1 fully saturated rings. The Balaban J connectivity index is 1.55. The Labute approximate surface area is 127 Å². The average molecular weight is 287 g/mol. The normalized spacial score (nSPS) is 23.6. The Morgan fingerprint density at radius 2 is 1.90 bits per heavy atom. The molecule has 0 spiro atoms. The first kappa shape index (κ1) is 14.6. The van der Waals surface area contributed by atoms with Crippen LogP contribution in [-0.4, -0.2) is 36.6 Å². The lowest BCUT2D eigenvalue weighted by Gasteiger charge is -2.39. The SMILES string of the molecule is CCOC(=O)C1CCN(C2CCc3ccccc3C2)CC1. The summed E-state index contributed by atoms with van der Waals surface area (Å²) < 4.78 is 5.15. The molecule has 0 bridgehead atoms. The van der Waals surface area contributed by atoms with Crippen molar-refractivity contribution in [2.75, 3.05) is 19.7 Å². The molecule has 1 aromatic rings. The quantitative estimate of drug-likeness (QED) is 0.801. The van der Waals surface area contributed by atoms with Gasteiger partial charge < -0.3 is 4.74 Å². The highest BCUT2D eigenvalue weighted by molar-refractivity contribution is 5.72. The zero-order chi connectivity index (χ0) is 14.7. The van der Waals surface area contributed by atoms with Crippen LogP contribution in [0, 0.1) is 5.92 Å². The molecule has 3 nitrogen and oxygen atoms in total. The number of piperidine rings is 1. The number of esters is 1. The van der Waals surface area contributed by atoms with E-state index in [0.717, 1.165) is 25.9 Å². The van der Waals surface area contributed by atoms with E-state index in [0.29, 0.717) is 12.6 Å². The van der Waals surface area contributed by atoms with Crippen molar-refractivity contribution < 1.29 is 9.53 Å². The molecule has 3 rings (SSSR count). The van der Waals surface area contributed by atoms with Crippen LogP contribution in [0.25, 0.3) is 0 Å². The number of likely N-dealkylation sites (tertiary alicyclic amines) is 1. The van der Waals surface area contributed by atoms with Crippen molar-refractivity contribution in [3.05, 3.63) is 35.4 Å². The highest BCUT2D eigenvalue weighted by Gasteiger charge is 2.30. The van der Waals surface area contributed by atoms with Gasteiger partial charge in [0.05, 0.1) is 12.5 Å². The van der Waals surface area contributed by atoms with Crippen LogP contribution in [0.4, 0.5) is 0 Å². The maximum absolute atomic E-state index is 11.8. The number of rotatable bonds is 3. The summed E-state index contributed by atoms with van der Waals surface area (Å²) in [7, 11) is 0. The van der Waals surface area contributed by atoms with Gasteiger partial charge in [-0.1, -0.05) is 24.3 Å². The molecule has 0 aromatic heterocycles. The largest absolute Gasteiger partial charge is 0.466 e. The van der Waals surface area contributed by atoms with Crippen molar-refractivity contribution in [1.82, 2.24) is 4.90 Å². The first-order valence-electron chi connectivity index (χ1n) is 8.25. The number of carbonyl (C=O) groups is 1. The van der Waals surface area contributed by atoms with E-state index in [1.807, 2.05) is 6.92 Å². The van der Waals surface area contributed by atoms with Crippen molar-refractivity contribution in [3.63, 3.8) is 0 Å². The fourth-order valence-electron chi connectivity index (χ4n) is 3.75. The Morgan fingerprint density at radius 1 is 1.19 bits per heavy atom. The van der Waals surface area contributed by atoms with Gasteiger partial charge in [-0.3, -0.25) is 9.69 Å². The lowest BCUT2D eigenvalue weighted by Crippen LogP contribution is -2.45. The molecule has 2 aliphatic rings. The summed E-state index contributed by atoms with van der Waals surface area (Å²) in [5.74, 6) is 0.128. The number of ether oxygens (including phenoxy) is 1. The Morgan fingerprint density at radius 3 is 2.62 bits per heavy atom. The Bertz CT molecular complexity index is 492. The first-order valence-corrected chi connectivity index (χ1v) is 8.25. The lowest BCUT2D eigenvalue weighted by molar-refractivity contribution is -0.149. The molecule has 0 N–H and O–H groups in total. The molecular weight excluding hydrogens is 262 g/mol. The molecule has 0 saturated carbocycles. The molecule has 1 aliphatic carbocycles. The predicted octanol–water partition coefficient (Wildman–Crippen LogP) is 2.82. The number of nitrogens with zero attached hydrogens (tertiary/aromatic N) is 1. The van der Waals surface area contributed by atoms with Gasteiger partial charge in [0.2, 0.25) is 0 Å². The van der Waals surface area contributed by atoms with E-state index < -0.39 is 0 Å². The van der Waals surface area contributed by atoms with Crippen LogP contribution in [0.5, 0.6) is 0 Å². The second kappa shape index (κ2) is 6.61. The van der Waals surface area contributed by atoms with Gasteiger partial charge in [0.25, 0.3) is 0 Å². The molecule has 1 aromatic carbocycles. The van der Waals surface area contributed by atoms with E-state index in [4.69, 9.17) is 4.74 Å². The number of benzene rings is 1. The summed E-state index contributed by atoms with van der Waals surface area (Å²) >= 11 is 0. The van der Waals surface area contributed by atoms with E-state index in [-0.39, 0.29) is 11.9 Å². The van der Waals surface area contributed by atoms with Gasteiger partial charge in [0, 0.05) is 6.04 Å². The second-order valence-electron chi connectivity index (χ2n) is 6.23. The van der Waals surface area contributed by atoms with Gasteiger partial charge in [-0.2, -0.15) is 0 Å². The predicted molar refractivity (Wildman–Crippen MR) is 83.2 cm³/mol. The minimum Gasteiger partial charge on any atom is -0.466 e. The van der Waals surface area contributed by atoms with Gasteiger partial charge >= 0.3 is 5.97 Å². The third-order valence-electron chi connectivity index (χ3n) is 4.99. The van der Waals surface area contributed by atoms with E-state index in [9.17, 15) is 4.79 Å². The zero-order valence-electron chi connectivity index (χ0n) is 12.9. The molecule has 0 amide bonds. The fourth-order valence-corrected chi connectivity index (χ4v) is 3.75. The first-order chi connectivity index (χ1) is 10.3. The summed E-state index contributed by atoms with van der Waals surface area (Å²) in [6, 6.07) is 9.48. The second-order valence-corrected chi connectivity index (χ2v) is 6.23. The van der Waals surface area contributed by atoms with Gasteiger partial charge in [-0.05, 0) is 63.2 Å². The summed E-state index contributed by atoms with van der Waals surface area (Å²) in [4.78, 5) is 14.4. The molecule has 0 radical (unpaired) electrons.